The SMILES string of the molecule is COc1ccc(/C(O)=C2\C(=O)C(=O)N(CCN(C)C)[C@@H]2c2ccco2)cc1Cl. The molecule has 1 atom stereocenters. The standard InChI is InChI=1S/C20H21ClN2O5/c1-22(2)8-9-23-17(15-5-4-10-28-15)16(19(25)20(23)26)18(24)12-6-7-14(27-3)13(21)11-12/h4-7,10-11,17,24H,8-9H2,1-3H3/b18-16+/t17-/m1/s1. The molecule has 1 aliphatic rings. The monoisotopic (exact) mass is 404 g/mol. The van der Waals surface area contributed by atoms with Crippen molar-refractivity contribution in [1.82, 2.24) is 9.80 Å². The summed E-state index contributed by atoms with van der Waals surface area (Å²) < 4.78 is 10.6. The van der Waals surface area contributed by atoms with Crippen LogP contribution in [0.3, 0.4) is 0 Å². The highest BCUT2D eigenvalue weighted by atomic mass is 35.5. The zero-order valence-corrected chi connectivity index (χ0v) is 16.6. The number of ether oxygens (including phenoxy) is 1. The normalized spacial score (nSPS) is 18.9. The number of carbonyl (C=O) groups excluding carboxylic acids is 2. The number of furan rings is 1. The van der Waals surface area contributed by atoms with E-state index in [0.717, 1.165) is 0 Å². The molecule has 0 saturated carbocycles. The van der Waals surface area contributed by atoms with Crippen molar-refractivity contribution in [2.24, 2.45) is 0 Å². The number of ketones is 1. The summed E-state index contributed by atoms with van der Waals surface area (Å²) in [4.78, 5) is 28.7. The first-order valence-electron chi connectivity index (χ1n) is 8.65. The van der Waals surface area contributed by atoms with Crippen molar-refractivity contribution < 1.29 is 23.8 Å². The molecule has 0 bridgehead atoms. The number of carbonyl (C=O) groups is 2. The largest absolute Gasteiger partial charge is 0.507 e. The second-order valence-corrected chi connectivity index (χ2v) is 7.07. The minimum atomic E-state index is -0.809. The van der Waals surface area contributed by atoms with E-state index in [1.54, 1.807) is 24.3 Å². The fourth-order valence-electron chi connectivity index (χ4n) is 3.13. The Morgan fingerprint density at radius 2 is 2.07 bits per heavy atom. The molecule has 1 aliphatic heterocycles. The number of hydrogen-bond donors (Lipinski definition) is 1. The Bertz CT molecular complexity index is 921. The number of aliphatic hydroxyl groups excluding tert-OH is 1. The predicted molar refractivity (Wildman–Crippen MR) is 104 cm³/mol. The first kappa shape index (κ1) is 20.0. The topological polar surface area (TPSA) is 83.2 Å². The molecule has 2 aromatic rings. The fourth-order valence-corrected chi connectivity index (χ4v) is 3.39. The zero-order valence-electron chi connectivity index (χ0n) is 15.8. The van der Waals surface area contributed by atoms with Crippen LogP contribution in [0.15, 0.2) is 46.6 Å². The van der Waals surface area contributed by atoms with Gasteiger partial charge >= 0.3 is 0 Å². The van der Waals surface area contributed by atoms with E-state index < -0.39 is 17.7 Å². The number of methoxy groups -OCH3 is 1. The van der Waals surface area contributed by atoms with Crippen LogP contribution in [0.25, 0.3) is 5.76 Å². The van der Waals surface area contributed by atoms with Gasteiger partial charge in [0, 0.05) is 18.7 Å². The number of benzene rings is 1. The van der Waals surface area contributed by atoms with Crippen molar-refractivity contribution in [2.45, 2.75) is 6.04 Å². The van der Waals surface area contributed by atoms with E-state index in [-0.39, 0.29) is 16.4 Å². The molecule has 2 heterocycles. The number of aliphatic hydroxyl groups is 1. The van der Waals surface area contributed by atoms with Gasteiger partial charge in [-0.15, -0.1) is 0 Å². The predicted octanol–water partition coefficient (Wildman–Crippen LogP) is 2.92. The summed E-state index contributed by atoms with van der Waals surface area (Å²) in [5, 5.41) is 11.2. The summed E-state index contributed by atoms with van der Waals surface area (Å²) in [6, 6.07) is 7.19. The van der Waals surface area contributed by atoms with E-state index in [1.165, 1.54) is 24.3 Å². The van der Waals surface area contributed by atoms with Crippen molar-refractivity contribution in [3.05, 3.63) is 58.5 Å². The van der Waals surface area contributed by atoms with Crippen LogP contribution in [0.4, 0.5) is 0 Å². The highest BCUT2D eigenvalue weighted by Crippen LogP contribution is 2.40. The number of nitrogens with zero attached hydrogens (tertiary/aromatic N) is 2. The van der Waals surface area contributed by atoms with Gasteiger partial charge in [-0.1, -0.05) is 11.6 Å². The summed E-state index contributed by atoms with van der Waals surface area (Å²) in [5.41, 5.74) is 0.285. The van der Waals surface area contributed by atoms with Gasteiger partial charge in [0.1, 0.15) is 23.3 Å². The van der Waals surface area contributed by atoms with Crippen molar-refractivity contribution in [3.8, 4) is 5.75 Å². The first-order chi connectivity index (χ1) is 13.3. The third-order valence-electron chi connectivity index (χ3n) is 4.57. The molecular formula is C20H21ClN2O5. The highest BCUT2D eigenvalue weighted by molar-refractivity contribution is 6.46. The van der Waals surface area contributed by atoms with Gasteiger partial charge in [0.05, 0.1) is 24.0 Å². The Balaban J connectivity index is 2.10. The fraction of sp³-hybridized carbons (Fsp3) is 0.300. The van der Waals surface area contributed by atoms with Gasteiger partial charge < -0.3 is 24.1 Å². The smallest absolute Gasteiger partial charge is 0.295 e. The summed E-state index contributed by atoms with van der Waals surface area (Å²) in [7, 11) is 5.23. The van der Waals surface area contributed by atoms with E-state index in [9.17, 15) is 14.7 Å². The summed E-state index contributed by atoms with van der Waals surface area (Å²) >= 11 is 6.15. The average molecular weight is 405 g/mol. The molecule has 3 rings (SSSR count). The summed E-state index contributed by atoms with van der Waals surface area (Å²) in [6.45, 7) is 0.863. The lowest BCUT2D eigenvalue weighted by Crippen LogP contribution is -2.35. The lowest BCUT2D eigenvalue weighted by Gasteiger charge is -2.24. The van der Waals surface area contributed by atoms with Crippen molar-refractivity contribution in [1.29, 1.82) is 0 Å². The molecule has 1 aromatic heterocycles. The van der Waals surface area contributed by atoms with Crippen LogP contribution in [-0.2, 0) is 9.59 Å². The van der Waals surface area contributed by atoms with Crippen LogP contribution < -0.4 is 4.74 Å². The van der Waals surface area contributed by atoms with Crippen LogP contribution in [0, 0.1) is 0 Å². The molecule has 148 valence electrons. The Labute approximate surface area is 167 Å². The van der Waals surface area contributed by atoms with E-state index in [4.69, 9.17) is 20.8 Å². The molecule has 1 aromatic carbocycles. The maximum atomic E-state index is 12.8. The van der Waals surface area contributed by atoms with Gasteiger partial charge in [-0.2, -0.15) is 0 Å². The number of halogens is 1. The Kier molecular flexibility index (Phi) is 5.76. The average Bonchev–Trinajstić information content (AvgIpc) is 3.27. The molecule has 0 spiro atoms. The molecule has 1 amide bonds. The van der Waals surface area contributed by atoms with E-state index in [1.807, 2.05) is 19.0 Å². The number of likely N-dealkylation sites (tertiary alicyclic amines) is 1. The molecule has 1 fully saturated rings. The summed E-state index contributed by atoms with van der Waals surface area (Å²) in [5.74, 6) is -0.906. The van der Waals surface area contributed by atoms with Gasteiger partial charge in [0.2, 0.25) is 0 Å². The Morgan fingerprint density at radius 1 is 1.32 bits per heavy atom. The quantitative estimate of drug-likeness (QED) is 0.453. The van der Waals surface area contributed by atoms with Gasteiger partial charge in [0.15, 0.2) is 0 Å². The molecule has 7 nitrogen and oxygen atoms in total. The lowest BCUT2D eigenvalue weighted by atomic mass is 9.99. The van der Waals surface area contributed by atoms with Crippen LogP contribution in [0.5, 0.6) is 5.75 Å². The van der Waals surface area contributed by atoms with E-state index >= 15 is 0 Å². The third-order valence-corrected chi connectivity index (χ3v) is 4.86. The molecule has 0 aliphatic carbocycles. The third kappa shape index (κ3) is 3.63. The van der Waals surface area contributed by atoms with Gasteiger partial charge in [-0.25, -0.2) is 0 Å². The number of likely N-dealkylation sites (N-methyl/N-ethyl adjacent to an activating group) is 1. The van der Waals surface area contributed by atoms with Crippen LogP contribution in [0.2, 0.25) is 5.02 Å². The maximum absolute atomic E-state index is 12.8. The van der Waals surface area contributed by atoms with Crippen molar-refractivity contribution >= 4 is 29.1 Å². The molecular weight excluding hydrogens is 384 g/mol. The maximum Gasteiger partial charge on any atom is 0.295 e. The molecule has 0 radical (unpaired) electrons. The number of Topliss-reactive ketones (excluding diaryl/α,β-unsaturated/α-hetero) is 1. The second-order valence-electron chi connectivity index (χ2n) is 6.66. The van der Waals surface area contributed by atoms with E-state index in [0.29, 0.717) is 30.2 Å². The van der Waals surface area contributed by atoms with Gasteiger partial charge in [-0.3, -0.25) is 9.59 Å². The molecule has 28 heavy (non-hydrogen) atoms. The minimum absolute atomic E-state index is 0.0278. The van der Waals surface area contributed by atoms with Crippen LogP contribution in [0.1, 0.15) is 17.4 Å². The second kappa shape index (κ2) is 8.08. The van der Waals surface area contributed by atoms with Crippen molar-refractivity contribution in [2.75, 3.05) is 34.3 Å². The Morgan fingerprint density at radius 3 is 2.64 bits per heavy atom. The molecule has 8 heteroatoms. The highest BCUT2D eigenvalue weighted by Gasteiger charge is 2.47. The molecule has 1 N–H and O–H groups in total. The van der Waals surface area contributed by atoms with Crippen LogP contribution >= 0.6 is 11.6 Å². The zero-order chi connectivity index (χ0) is 20.4. The van der Waals surface area contributed by atoms with E-state index in [2.05, 4.69) is 0 Å². The van der Waals surface area contributed by atoms with Gasteiger partial charge in [-0.05, 0) is 44.4 Å². The lowest BCUT2D eigenvalue weighted by molar-refractivity contribution is -0.140. The minimum Gasteiger partial charge on any atom is -0.507 e. The number of hydrogen-bond acceptors (Lipinski definition) is 6. The number of rotatable bonds is 6. The molecule has 1 saturated heterocycles. The number of amides is 1. The van der Waals surface area contributed by atoms with Gasteiger partial charge in [0.25, 0.3) is 11.7 Å². The molecule has 0 unspecified atom stereocenters. The van der Waals surface area contributed by atoms with Crippen molar-refractivity contribution in [3.63, 3.8) is 0 Å². The van der Waals surface area contributed by atoms with Crippen LogP contribution in [-0.4, -0.2) is 60.9 Å². The summed E-state index contributed by atoms with van der Waals surface area (Å²) in [6.07, 6.45) is 1.46. The first-order valence-corrected chi connectivity index (χ1v) is 9.03. The Hall–Kier alpha value is -2.77.